The van der Waals surface area contributed by atoms with Crippen LogP contribution in [0.2, 0.25) is 33.2 Å². The second-order valence-electron chi connectivity index (χ2n) is 12.9. The Balaban J connectivity index is 2.51. The van der Waals surface area contributed by atoms with E-state index in [9.17, 15) is 4.79 Å². The van der Waals surface area contributed by atoms with E-state index in [0.29, 0.717) is 22.2 Å². The molecule has 0 aromatic heterocycles. The molecule has 0 amide bonds. The van der Waals surface area contributed by atoms with Gasteiger partial charge in [0, 0.05) is 0 Å². The molecule has 1 aromatic carbocycles. The van der Waals surface area contributed by atoms with Gasteiger partial charge in [-0.05, 0) is 61.3 Å². The smallest absolute Gasteiger partial charge is 0.340 e. The molecule has 0 saturated carbocycles. The third kappa shape index (κ3) is 6.91. The fourth-order valence-corrected chi connectivity index (χ4v) is 19.0. The van der Waals surface area contributed by atoms with E-state index in [1.165, 1.54) is 0 Å². The predicted octanol–water partition coefficient (Wildman–Crippen LogP) is 9.38. The van der Waals surface area contributed by atoms with Gasteiger partial charge in [0.1, 0.15) is 12.2 Å². The first-order chi connectivity index (χ1) is 18.0. The summed E-state index contributed by atoms with van der Waals surface area (Å²) < 4.78 is 40.4. The highest BCUT2D eigenvalue weighted by molar-refractivity contribution is 9.10. The number of esters is 1. The molecular formula is C30H52BrFO5Si2. The molecule has 1 fully saturated rings. The summed E-state index contributed by atoms with van der Waals surface area (Å²) in [5.74, 6) is -0.641. The number of hydrogen-bond acceptors (Lipinski definition) is 5. The average Bonchev–Trinajstić information content (AvgIpc) is 3.05. The molecule has 0 spiro atoms. The standard InChI is InChI=1S/C30H52BrFO5Si2/c1-19(2)38(20(3)4,21(5)6)34-18-26-27(37-39(22(7)8,23(9)10)24(11)12)30(31,32)29(35-26)36-28(33)25-16-14-13-15-17-25/h13-17,19-24,26-27,29H,18H2,1-12H3/t26-,27-,29?,30-/m1/s1. The highest BCUT2D eigenvalue weighted by Gasteiger charge is 2.63. The zero-order valence-corrected chi connectivity index (χ0v) is 29.7. The van der Waals surface area contributed by atoms with E-state index in [4.69, 9.17) is 18.3 Å². The lowest BCUT2D eigenvalue weighted by Gasteiger charge is -2.46. The molecule has 39 heavy (non-hydrogen) atoms. The first kappa shape index (κ1) is 34.6. The van der Waals surface area contributed by atoms with E-state index < -0.39 is 45.7 Å². The lowest BCUT2D eigenvalue weighted by Crippen LogP contribution is -2.56. The van der Waals surface area contributed by atoms with Gasteiger partial charge in [0.2, 0.25) is 8.32 Å². The Kier molecular flexibility index (Phi) is 12.1. The number of ether oxygens (including phenoxy) is 2. The van der Waals surface area contributed by atoms with Crippen molar-refractivity contribution >= 4 is 38.5 Å². The van der Waals surface area contributed by atoms with Crippen LogP contribution in [0.1, 0.15) is 93.4 Å². The summed E-state index contributed by atoms with van der Waals surface area (Å²) in [5.41, 5.74) is 2.14. The zero-order valence-electron chi connectivity index (χ0n) is 26.1. The SMILES string of the molecule is CC(C)[Si](OC[C@H]1OC(OC(=O)c2ccccc2)[C@@](F)(Br)[C@@H]1O[Si](C(C)C)(C(C)C)C(C)C)(C(C)C)C(C)C. The lowest BCUT2D eigenvalue weighted by molar-refractivity contribution is -0.132. The van der Waals surface area contributed by atoms with Gasteiger partial charge in [-0.3, -0.25) is 0 Å². The van der Waals surface area contributed by atoms with Crippen LogP contribution >= 0.6 is 15.9 Å². The maximum absolute atomic E-state index is 16.8. The molecule has 0 radical (unpaired) electrons. The zero-order chi connectivity index (χ0) is 29.9. The number of carbonyl (C=O) groups is 1. The van der Waals surface area contributed by atoms with Gasteiger partial charge in [-0.1, -0.05) is 101 Å². The molecule has 1 unspecified atom stereocenters. The van der Waals surface area contributed by atoms with Crippen LogP contribution in [0, 0.1) is 0 Å². The van der Waals surface area contributed by atoms with Gasteiger partial charge < -0.3 is 18.3 Å². The van der Waals surface area contributed by atoms with Gasteiger partial charge in [0.05, 0.1) is 12.2 Å². The van der Waals surface area contributed by atoms with Crippen molar-refractivity contribution in [2.45, 2.75) is 139 Å². The van der Waals surface area contributed by atoms with Crippen molar-refractivity contribution in [2.75, 3.05) is 6.61 Å². The van der Waals surface area contributed by atoms with Crippen molar-refractivity contribution in [2.24, 2.45) is 0 Å². The molecular weight excluding hydrogens is 595 g/mol. The van der Waals surface area contributed by atoms with Crippen molar-refractivity contribution in [3.8, 4) is 0 Å². The van der Waals surface area contributed by atoms with Crippen molar-refractivity contribution in [1.29, 1.82) is 0 Å². The molecule has 0 aliphatic carbocycles. The summed E-state index contributed by atoms with van der Waals surface area (Å²) in [6, 6.07) is 8.58. The Labute approximate surface area is 247 Å². The van der Waals surface area contributed by atoms with Crippen LogP contribution < -0.4 is 0 Å². The van der Waals surface area contributed by atoms with E-state index in [0.717, 1.165) is 0 Å². The topological polar surface area (TPSA) is 54.0 Å². The van der Waals surface area contributed by atoms with E-state index in [2.05, 4.69) is 99.0 Å². The summed E-state index contributed by atoms with van der Waals surface area (Å²) in [6.45, 7) is 26.5. The van der Waals surface area contributed by atoms with Crippen molar-refractivity contribution in [1.82, 2.24) is 0 Å². The lowest BCUT2D eigenvalue weighted by atomic mass is 10.1. The van der Waals surface area contributed by atoms with Gasteiger partial charge in [-0.25, -0.2) is 9.18 Å². The number of rotatable bonds is 13. The second kappa shape index (κ2) is 13.6. The Morgan fingerprint density at radius 2 is 1.28 bits per heavy atom. The van der Waals surface area contributed by atoms with E-state index >= 15 is 4.39 Å². The summed E-state index contributed by atoms with van der Waals surface area (Å²) >= 11 is 3.31. The average molecular weight is 648 g/mol. The Hall–Kier alpha value is -0.586. The minimum atomic E-state index is -2.53. The van der Waals surface area contributed by atoms with Crippen LogP contribution in [0.15, 0.2) is 30.3 Å². The normalized spacial score (nSPS) is 24.7. The Bertz CT molecular complexity index is 880. The van der Waals surface area contributed by atoms with Gasteiger partial charge in [-0.2, -0.15) is 0 Å². The van der Waals surface area contributed by atoms with Crippen LogP contribution in [0.25, 0.3) is 0 Å². The molecule has 1 saturated heterocycles. The van der Waals surface area contributed by atoms with Gasteiger partial charge in [0.25, 0.3) is 10.9 Å². The van der Waals surface area contributed by atoms with Crippen LogP contribution in [-0.4, -0.2) is 52.3 Å². The quantitative estimate of drug-likeness (QED) is 0.121. The number of hydrogen-bond donors (Lipinski definition) is 0. The van der Waals surface area contributed by atoms with E-state index in [-0.39, 0.29) is 23.2 Å². The maximum Gasteiger partial charge on any atom is 0.340 e. The molecule has 9 heteroatoms. The molecule has 0 bridgehead atoms. The molecule has 1 aromatic rings. The largest absolute Gasteiger partial charge is 0.427 e. The number of benzene rings is 1. The maximum atomic E-state index is 16.8. The molecule has 1 aliphatic heterocycles. The summed E-state index contributed by atoms with van der Waals surface area (Å²) in [5, 5.41) is 0. The van der Waals surface area contributed by atoms with E-state index in [1.807, 2.05) is 6.07 Å². The summed E-state index contributed by atoms with van der Waals surface area (Å²) in [4.78, 5) is 13.0. The first-order valence-electron chi connectivity index (χ1n) is 14.6. The van der Waals surface area contributed by atoms with Crippen LogP contribution in [0.3, 0.4) is 0 Å². The summed E-state index contributed by atoms with van der Waals surface area (Å²) in [7, 11) is -4.80. The van der Waals surface area contributed by atoms with Crippen molar-refractivity contribution in [3.05, 3.63) is 35.9 Å². The van der Waals surface area contributed by atoms with Crippen LogP contribution in [-0.2, 0) is 18.3 Å². The molecule has 224 valence electrons. The molecule has 2 rings (SSSR count). The van der Waals surface area contributed by atoms with E-state index in [1.54, 1.807) is 24.3 Å². The Morgan fingerprint density at radius 3 is 1.69 bits per heavy atom. The van der Waals surface area contributed by atoms with Gasteiger partial charge in [-0.15, -0.1) is 0 Å². The molecule has 1 heterocycles. The van der Waals surface area contributed by atoms with Crippen LogP contribution in [0.5, 0.6) is 0 Å². The molecule has 0 N–H and O–H groups in total. The van der Waals surface area contributed by atoms with Gasteiger partial charge in [0.15, 0.2) is 8.32 Å². The molecule has 1 aliphatic rings. The number of alkyl halides is 2. The minimum Gasteiger partial charge on any atom is -0.427 e. The fourth-order valence-electron chi connectivity index (χ4n) is 7.18. The number of carbonyl (C=O) groups excluding carboxylic acids is 1. The highest BCUT2D eigenvalue weighted by Crippen LogP contribution is 2.51. The third-order valence-electron chi connectivity index (χ3n) is 8.80. The monoisotopic (exact) mass is 646 g/mol. The number of halogens is 2. The first-order valence-corrected chi connectivity index (χ1v) is 19.6. The van der Waals surface area contributed by atoms with Gasteiger partial charge >= 0.3 is 5.97 Å². The molecule has 5 nitrogen and oxygen atoms in total. The second-order valence-corrected chi connectivity index (χ2v) is 25.0. The minimum absolute atomic E-state index is 0.181. The van der Waals surface area contributed by atoms with Crippen molar-refractivity contribution in [3.63, 3.8) is 0 Å². The predicted molar refractivity (Wildman–Crippen MR) is 166 cm³/mol. The third-order valence-corrected chi connectivity index (χ3v) is 21.8. The Morgan fingerprint density at radius 1 is 0.846 bits per heavy atom. The highest BCUT2D eigenvalue weighted by atomic mass is 79.9. The van der Waals surface area contributed by atoms with Crippen LogP contribution in [0.4, 0.5) is 4.39 Å². The molecule has 4 atom stereocenters. The fraction of sp³-hybridized carbons (Fsp3) is 0.767. The van der Waals surface area contributed by atoms with Crippen molar-refractivity contribution < 1.29 is 27.5 Å². The summed E-state index contributed by atoms with van der Waals surface area (Å²) in [6.07, 6.45) is -3.22.